The second-order valence-electron chi connectivity index (χ2n) is 4.50. The summed E-state index contributed by atoms with van der Waals surface area (Å²) in [5.74, 6) is 0.744. The minimum Gasteiger partial charge on any atom is -0.385 e. The minimum atomic E-state index is 0.604. The zero-order valence-electron chi connectivity index (χ0n) is 10.0. The van der Waals surface area contributed by atoms with Gasteiger partial charge in [0, 0.05) is 38.2 Å². The van der Waals surface area contributed by atoms with Gasteiger partial charge < -0.3 is 4.74 Å². The van der Waals surface area contributed by atoms with Crippen molar-refractivity contribution in [1.82, 2.24) is 4.90 Å². The Balaban J connectivity index is 2.39. The molecule has 1 unspecified atom stereocenters. The topological polar surface area (TPSA) is 12.5 Å². The van der Waals surface area contributed by atoms with Gasteiger partial charge in [0.1, 0.15) is 0 Å². The van der Waals surface area contributed by atoms with Crippen LogP contribution >= 0.6 is 11.6 Å². The van der Waals surface area contributed by atoms with Crippen molar-refractivity contribution in [2.24, 2.45) is 0 Å². The first-order chi connectivity index (χ1) is 7.29. The molecule has 0 bridgehead atoms. The van der Waals surface area contributed by atoms with Crippen molar-refractivity contribution in [2.45, 2.75) is 51.1 Å². The Bertz CT molecular complexity index is 160. The number of halogens is 1. The summed E-state index contributed by atoms with van der Waals surface area (Å²) in [5.41, 5.74) is 0. The molecule has 1 saturated carbocycles. The molecule has 0 aromatic rings. The molecule has 0 amide bonds. The molecule has 0 spiro atoms. The molecule has 0 aliphatic heterocycles. The molecule has 0 saturated heterocycles. The van der Waals surface area contributed by atoms with Gasteiger partial charge in [0.25, 0.3) is 0 Å². The lowest BCUT2D eigenvalue weighted by Gasteiger charge is -2.34. The largest absolute Gasteiger partial charge is 0.385 e. The van der Waals surface area contributed by atoms with Crippen molar-refractivity contribution in [2.75, 3.05) is 26.1 Å². The maximum Gasteiger partial charge on any atom is 0.0477 e. The van der Waals surface area contributed by atoms with E-state index in [1.807, 2.05) is 0 Å². The standard InChI is InChI=1S/C12H24ClNO/c1-11(7-10-15-2)14(9-8-13)12-5-3-4-6-12/h11-12H,3-10H2,1-2H3. The molecule has 0 aromatic carbocycles. The van der Waals surface area contributed by atoms with Crippen LogP contribution in [0.1, 0.15) is 39.0 Å². The molecule has 90 valence electrons. The summed E-state index contributed by atoms with van der Waals surface area (Å²) in [6.45, 7) is 4.17. The van der Waals surface area contributed by atoms with E-state index in [1.54, 1.807) is 7.11 Å². The van der Waals surface area contributed by atoms with Crippen LogP contribution in [-0.4, -0.2) is 43.1 Å². The van der Waals surface area contributed by atoms with Crippen molar-refractivity contribution in [1.29, 1.82) is 0 Å². The van der Waals surface area contributed by atoms with Gasteiger partial charge in [-0.1, -0.05) is 12.8 Å². The van der Waals surface area contributed by atoms with Crippen LogP contribution in [0.5, 0.6) is 0 Å². The Labute approximate surface area is 98.9 Å². The lowest BCUT2D eigenvalue weighted by molar-refractivity contribution is 0.111. The van der Waals surface area contributed by atoms with Gasteiger partial charge in [0.2, 0.25) is 0 Å². The van der Waals surface area contributed by atoms with Crippen molar-refractivity contribution < 1.29 is 4.74 Å². The number of alkyl halides is 1. The van der Waals surface area contributed by atoms with E-state index in [1.165, 1.54) is 25.7 Å². The van der Waals surface area contributed by atoms with Crippen molar-refractivity contribution >= 4 is 11.6 Å². The quantitative estimate of drug-likeness (QED) is 0.627. The molecular formula is C12H24ClNO. The van der Waals surface area contributed by atoms with Crippen molar-refractivity contribution in [3.63, 3.8) is 0 Å². The van der Waals surface area contributed by atoms with Gasteiger partial charge in [-0.15, -0.1) is 11.6 Å². The Kier molecular flexibility index (Phi) is 6.62. The highest BCUT2D eigenvalue weighted by Gasteiger charge is 2.25. The molecule has 3 heteroatoms. The highest BCUT2D eigenvalue weighted by molar-refractivity contribution is 6.18. The lowest BCUT2D eigenvalue weighted by atomic mass is 10.1. The van der Waals surface area contributed by atoms with E-state index in [2.05, 4.69) is 11.8 Å². The van der Waals surface area contributed by atoms with E-state index in [0.29, 0.717) is 6.04 Å². The normalized spacial score (nSPS) is 20.0. The van der Waals surface area contributed by atoms with E-state index < -0.39 is 0 Å². The summed E-state index contributed by atoms with van der Waals surface area (Å²) in [6.07, 6.45) is 6.60. The Morgan fingerprint density at radius 2 is 2.07 bits per heavy atom. The third-order valence-electron chi connectivity index (χ3n) is 3.44. The number of hydrogen-bond acceptors (Lipinski definition) is 2. The molecule has 0 radical (unpaired) electrons. The van der Waals surface area contributed by atoms with Gasteiger partial charge in [-0.25, -0.2) is 0 Å². The monoisotopic (exact) mass is 233 g/mol. The number of rotatable bonds is 7. The van der Waals surface area contributed by atoms with Crippen molar-refractivity contribution in [3.8, 4) is 0 Å². The summed E-state index contributed by atoms with van der Waals surface area (Å²) >= 11 is 5.88. The maximum absolute atomic E-state index is 5.88. The summed E-state index contributed by atoms with van der Waals surface area (Å²) in [7, 11) is 1.77. The van der Waals surface area contributed by atoms with Crippen LogP contribution in [-0.2, 0) is 4.74 Å². The average molecular weight is 234 g/mol. The third kappa shape index (κ3) is 4.29. The molecule has 0 aromatic heterocycles. The third-order valence-corrected chi connectivity index (χ3v) is 3.61. The predicted octanol–water partition coefficient (Wildman–Crippen LogP) is 2.89. The number of hydrogen-bond donors (Lipinski definition) is 0. The summed E-state index contributed by atoms with van der Waals surface area (Å²) in [6, 6.07) is 1.38. The van der Waals surface area contributed by atoms with E-state index in [9.17, 15) is 0 Å². The fourth-order valence-corrected chi connectivity index (χ4v) is 2.75. The summed E-state index contributed by atoms with van der Waals surface area (Å²) < 4.78 is 5.14. The number of methoxy groups -OCH3 is 1. The smallest absolute Gasteiger partial charge is 0.0477 e. The SMILES string of the molecule is COCCC(C)N(CCCl)C1CCCC1. The fourth-order valence-electron chi connectivity index (χ4n) is 2.55. The molecule has 1 aliphatic carbocycles. The number of nitrogens with zero attached hydrogens (tertiary/aromatic N) is 1. The molecule has 1 aliphatic rings. The Morgan fingerprint density at radius 1 is 1.40 bits per heavy atom. The van der Waals surface area contributed by atoms with Gasteiger partial charge in [-0.05, 0) is 26.2 Å². The molecule has 2 nitrogen and oxygen atoms in total. The zero-order valence-corrected chi connectivity index (χ0v) is 10.8. The van der Waals surface area contributed by atoms with Crippen LogP contribution in [0.4, 0.5) is 0 Å². The molecule has 0 heterocycles. The van der Waals surface area contributed by atoms with Gasteiger partial charge in [0.15, 0.2) is 0 Å². The first kappa shape index (κ1) is 13.3. The second kappa shape index (κ2) is 7.48. The van der Waals surface area contributed by atoms with Crippen LogP contribution in [0.3, 0.4) is 0 Å². The second-order valence-corrected chi connectivity index (χ2v) is 4.87. The number of ether oxygens (including phenoxy) is 1. The Morgan fingerprint density at radius 3 is 2.60 bits per heavy atom. The van der Waals surface area contributed by atoms with Gasteiger partial charge in [-0.2, -0.15) is 0 Å². The minimum absolute atomic E-state index is 0.604. The highest BCUT2D eigenvalue weighted by Crippen LogP contribution is 2.25. The molecule has 1 fully saturated rings. The van der Waals surface area contributed by atoms with Gasteiger partial charge >= 0.3 is 0 Å². The average Bonchev–Trinajstić information content (AvgIpc) is 2.75. The molecular weight excluding hydrogens is 210 g/mol. The first-order valence-corrected chi connectivity index (χ1v) is 6.63. The molecule has 0 N–H and O–H groups in total. The van der Waals surface area contributed by atoms with E-state index in [-0.39, 0.29) is 0 Å². The van der Waals surface area contributed by atoms with E-state index >= 15 is 0 Å². The summed E-state index contributed by atoms with van der Waals surface area (Å²) in [5, 5.41) is 0. The lowest BCUT2D eigenvalue weighted by Crippen LogP contribution is -2.42. The summed E-state index contributed by atoms with van der Waals surface area (Å²) in [4.78, 5) is 2.58. The fraction of sp³-hybridized carbons (Fsp3) is 1.00. The zero-order chi connectivity index (χ0) is 11.1. The van der Waals surface area contributed by atoms with Crippen molar-refractivity contribution in [3.05, 3.63) is 0 Å². The van der Waals surface area contributed by atoms with Crippen LogP contribution < -0.4 is 0 Å². The van der Waals surface area contributed by atoms with Gasteiger partial charge in [0.05, 0.1) is 0 Å². The Hall–Kier alpha value is 0.210. The molecule has 15 heavy (non-hydrogen) atoms. The molecule has 1 atom stereocenters. The van der Waals surface area contributed by atoms with Crippen LogP contribution in [0.15, 0.2) is 0 Å². The van der Waals surface area contributed by atoms with Crippen LogP contribution in [0, 0.1) is 0 Å². The highest BCUT2D eigenvalue weighted by atomic mass is 35.5. The van der Waals surface area contributed by atoms with E-state index in [4.69, 9.17) is 16.3 Å². The van der Waals surface area contributed by atoms with Crippen LogP contribution in [0.25, 0.3) is 0 Å². The molecule has 1 rings (SSSR count). The van der Waals surface area contributed by atoms with E-state index in [0.717, 1.165) is 31.5 Å². The predicted molar refractivity (Wildman–Crippen MR) is 65.6 cm³/mol. The first-order valence-electron chi connectivity index (χ1n) is 6.10. The van der Waals surface area contributed by atoms with Crippen LogP contribution in [0.2, 0.25) is 0 Å². The maximum atomic E-state index is 5.88. The van der Waals surface area contributed by atoms with Gasteiger partial charge in [-0.3, -0.25) is 4.90 Å².